The van der Waals surface area contributed by atoms with Crippen LogP contribution in [0.2, 0.25) is 0 Å². The first-order chi connectivity index (χ1) is 13.1. The second-order valence-electron chi connectivity index (χ2n) is 5.51. The number of rotatable bonds is 6. The number of non-ortho nitro benzene ring substituents is 1. The molecule has 0 N–H and O–H groups in total. The maximum atomic E-state index is 11.7. The Morgan fingerprint density at radius 1 is 0.889 bits per heavy atom. The van der Waals surface area contributed by atoms with E-state index in [1.807, 2.05) is 54.6 Å². The number of ether oxygens (including phenoxy) is 1. The quantitative estimate of drug-likeness (QED) is 0.181. The summed E-state index contributed by atoms with van der Waals surface area (Å²) in [4.78, 5) is 21.7. The van der Waals surface area contributed by atoms with E-state index in [1.165, 1.54) is 24.3 Å². The Hall–Kier alpha value is -3.32. The molecule has 0 aliphatic heterocycles. The van der Waals surface area contributed by atoms with E-state index in [4.69, 9.17) is 8.92 Å². The summed E-state index contributed by atoms with van der Waals surface area (Å²) < 4.78 is 9.92. The number of nitrogens with zero attached hydrogens (tertiary/aromatic N) is 1. The van der Waals surface area contributed by atoms with Gasteiger partial charge in [0.15, 0.2) is 0 Å². The molecule has 136 valence electrons. The van der Waals surface area contributed by atoms with Gasteiger partial charge in [-0.1, -0.05) is 54.6 Å². The van der Waals surface area contributed by atoms with Gasteiger partial charge >= 0.3 is 6.16 Å². The molecule has 0 spiro atoms. The van der Waals surface area contributed by atoms with Gasteiger partial charge in [-0.05, 0) is 28.8 Å². The fourth-order valence-electron chi connectivity index (χ4n) is 2.32. The van der Waals surface area contributed by atoms with Gasteiger partial charge in [0.05, 0.1) is 22.7 Å². The summed E-state index contributed by atoms with van der Waals surface area (Å²) in [5.41, 5.74) is 3.18. The van der Waals surface area contributed by atoms with Crippen molar-refractivity contribution in [2.45, 2.75) is 5.75 Å². The topological polar surface area (TPSA) is 78.7 Å². The Morgan fingerprint density at radius 2 is 1.52 bits per heavy atom. The Labute approximate surface area is 160 Å². The SMILES string of the molecule is O=C(OSCc1ccc(-c2ccccc2)cc1)Oc1ccc([N+](=O)[O-])cc1. The number of benzene rings is 3. The molecule has 27 heavy (non-hydrogen) atoms. The monoisotopic (exact) mass is 381 g/mol. The molecule has 6 nitrogen and oxygen atoms in total. The average molecular weight is 381 g/mol. The number of hydrogen-bond acceptors (Lipinski definition) is 6. The summed E-state index contributed by atoms with van der Waals surface area (Å²) in [7, 11) is 0. The molecule has 3 rings (SSSR count). The lowest BCUT2D eigenvalue weighted by molar-refractivity contribution is -0.384. The van der Waals surface area contributed by atoms with Crippen molar-refractivity contribution >= 4 is 23.9 Å². The van der Waals surface area contributed by atoms with Gasteiger partial charge in [-0.3, -0.25) is 10.1 Å². The second kappa shape index (κ2) is 8.86. The van der Waals surface area contributed by atoms with Crippen LogP contribution in [-0.4, -0.2) is 11.1 Å². The van der Waals surface area contributed by atoms with Crippen LogP contribution in [0.15, 0.2) is 78.9 Å². The minimum atomic E-state index is -0.880. The minimum absolute atomic E-state index is 0.0796. The van der Waals surface area contributed by atoms with Crippen molar-refractivity contribution < 1.29 is 18.6 Å². The van der Waals surface area contributed by atoms with Crippen molar-refractivity contribution in [3.63, 3.8) is 0 Å². The van der Waals surface area contributed by atoms with Gasteiger partial charge in [-0.2, -0.15) is 0 Å². The summed E-state index contributed by atoms with van der Waals surface area (Å²) in [5, 5.41) is 10.6. The summed E-state index contributed by atoms with van der Waals surface area (Å²) in [6.45, 7) is 0. The van der Waals surface area contributed by atoms with E-state index < -0.39 is 11.1 Å². The van der Waals surface area contributed by atoms with Crippen molar-refractivity contribution in [3.05, 3.63) is 94.5 Å². The zero-order valence-corrected chi connectivity index (χ0v) is 14.9. The van der Waals surface area contributed by atoms with Gasteiger partial charge in [-0.25, -0.2) is 4.79 Å². The number of carbonyl (C=O) groups is 1. The van der Waals surface area contributed by atoms with Crippen molar-refractivity contribution in [2.24, 2.45) is 0 Å². The standard InChI is InChI=1S/C20H15NO5S/c22-20(25-19-12-10-18(11-13-19)21(23)24)26-27-14-15-6-8-17(9-7-15)16-4-2-1-3-5-16/h1-13H,14H2. The van der Waals surface area contributed by atoms with E-state index in [-0.39, 0.29) is 11.4 Å². The Bertz CT molecular complexity index is 911. The fraction of sp³-hybridized carbons (Fsp3) is 0.0500. The van der Waals surface area contributed by atoms with Crippen LogP contribution in [0, 0.1) is 10.1 Å². The van der Waals surface area contributed by atoms with Gasteiger partial charge in [-0.15, -0.1) is 0 Å². The fourth-order valence-corrected chi connectivity index (χ4v) is 2.84. The Kier molecular flexibility index (Phi) is 6.06. The summed E-state index contributed by atoms with van der Waals surface area (Å²) >= 11 is 0.961. The molecule has 0 aliphatic rings. The van der Waals surface area contributed by atoms with Crippen LogP contribution in [0.5, 0.6) is 5.75 Å². The molecular weight excluding hydrogens is 366 g/mol. The maximum absolute atomic E-state index is 11.7. The summed E-state index contributed by atoms with van der Waals surface area (Å²) in [6, 6.07) is 23.2. The van der Waals surface area contributed by atoms with Crippen LogP contribution < -0.4 is 4.74 Å². The van der Waals surface area contributed by atoms with Crippen molar-refractivity contribution in [2.75, 3.05) is 0 Å². The molecule has 0 saturated carbocycles. The van der Waals surface area contributed by atoms with Crippen LogP contribution in [0.3, 0.4) is 0 Å². The van der Waals surface area contributed by atoms with E-state index in [0.29, 0.717) is 5.75 Å². The first-order valence-corrected chi connectivity index (χ1v) is 8.93. The highest BCUT2D eigenvalue weighted by Gasteiger charge is 2.10. The highest BCUT2D eigenvalue weighted by atomic mass is 32.2. The summed E-state index contributed by atoms with van der Waals surface area (Å²) in [6.07, 6.45) is -0.880. The zero-order chi connectivity index (χ0) is 19.1. The van der Waals surface area contributed by atoms with E-state index in [0.717, 1.165) is 28.7 Å². The van der Waals surface area contributed by atoms with E-state index in [9.17, 15) is 14.9 Å². The second-order valence-corrected chi connectivity index (χ2v) is 6.20. The molecular formula is C20H15NO5S. The molecule has 3 aromatic carbocycles. The minimum Gasteiger partial charge on any atom is -0.394 e. The van der Waals surface area contributed by atoms with Crippen LogP contribution in [-0.2, 0) is 9.94 Å². The normalized spacial score (nSPS) is 10.2. The molecule has 0 atom stereocenters. The molecule has 0 aliphatic carbocycles. The van der Waals surface area contributed by atoms with Crippen LogP contribution in [0.25, 0.3) is 11.1 Å². The van der Waals surface area contributed by atoms with Gasteiger partial charge < -0.3 is 8.92 Å². The van der Waals surface area contributed by atoms with Crippen LogP contribution in [0.1, 0.15) is 5.56 Å². The largest absolute Gasteiger partial charge is 0.526 e. The third-order valence-corrected chi connectivity index (χ3v) is 4.37. The van der Waals surface area contributed by atoms with Crippen molar-refractivity contribution in [1.29, 1.82) is 0 Å². The number of nitro benzene ring substituents is 1. The van der Waals surface area contributed by atoms with E-state index >= 15 is 0 Å². The van der Waals surface area contributed by atoms with E-state index in [1.54, 1.807) is 0 Å². The molecule has 0 heterocycles. The van der Waals surface area contributed by atoms with Crippen molar-refractivity contribution in [1.82, 2.24) is 0 Å². The predicted molar refractivity (Wildman–Crippen MR) is 103 cm³/mol. The number of hydrogen-bond donors (Lipinski definition) is 0. The van der Waals surface area contributed by atoms with Gasteiger partial charge in [0.25, 0.3) is 5.69 Å². The summed E-state index contributed by atoms with van der Waals surface area (Å²) in [5.74, 6) is 0.656. The average Bonchev–Trinajstić information content (AvgIpc) is 2.69. The smallest absolute Gasteiger partial charge is 0.394 e. The molecule has 0 fully saturated rings. The predicted octanol–water partition coefficient (Wildman–Crippen LogP) is 5.63. The van der Waals surface area contributed by atoms with Gasteiger partial charge in [0.1, 0.15) is 5.75 Å². The van der Waals surface area contributed by atoms with Gasteiger partial charge in [0.2, 0.25) is 0 Å². The van der Waals surface area contributed by atoms with Crippen LogP contribution in [0.4, 0.5) is 10.5 Å². The highest BCUT2D eigenvalue weighted by Crippen LogP contribution is 2.22. The van der Waals surface area contributed by atoms with Gasteiger partial charge in [0, 0.05) is 12.1 Å². The lowest BCUT2D eigenvalue weighted by atomic mass is 10.0. The number of carbonyl (C=O) groups excluding carboxylic acids is 1. The highest BCUT2D eigenvalue weighted by molar-refractivity contribution is 7.94. The van der Waals surface area contributed by atoms with E-state index in [2.05, 4.69) is 0 Å². The maximum Gasteiger partial charge on any atom is 0.526 e. The third kappa shape index (κ3) is 5.32. The first-order valence-electron chi connectivity index (χ1n) is 8.02. The molecule has 0 saturated heterocycles. The molecule has 0 aromatic heterocycles. The molecule has 0 unspecified atom stereocenters. The third-order valence-electron chi connectivity index (χ3n) is 3.66. The molecule has 0 amide bonds. The lowest BCUT2D eigenvalue weighted by Gasteiger charge is -2.06. The molecule has 0 bridgehead atoms. The van der Waals surface area contributed by atoms with Crippen LogP contribution >= 0.6 is 12.0 Å². The lowest BCUT2D eigenvalue weighted by Crippen LogP contribution is -2.06. The number of nitro groups is 1. The molecule has 3 aromatic rings. The Morgan fingerprint density at radius 3 is 2.15 bits per heavy atom. The van der Waals surface area contributed by atoms with Crippen molar-refractivity contribution in [3.8, 4) is 16.9 Å². The zero-order valence-electron chi connectivity index (χ0n) is 14.1. The molecule has 7 heteroatoms. The Balaban J connectivity index is 1.46. The molecule has 0 radical (unpaired) electrons. The first kappa shape index (κ1) is 18.5.